The molecule has 3 aromatic rings. The second-order valence-electron chi connectivity index (χ2n) is 10.4. The number of ether oxygens (including phenoxy) is 1. The van der Waals surface area contributed by atoms with E-state index in [1.165, 1.54) is 0 Å². The lowest BCUT2D eigenvalue weighted by Gasteiger charge is -2.35. The Morgan fingerprint density at radius 3 is 2.30 bits per heavy atom. The first-order valence-electron chi connectivity index (χ1n) is 13.4. The van der Waals surface area contributed by atoms with Crippen LogP contribution in [0.3, 0.4) is 0 Å². The lowest BCUT2D eigenvalue weighted by atomic mass is 9.98. The van der Waals surface area contributed by atoms with Crippen LogP contribution in [0.25, 0.3) is 11.1 Å². The van der Waals surface area contributed by atoms with E-state index in [4.69, 9.17) is 4.74 Å². The summed E-state index contributed by atoms with van der Waals surface area (Å²) in [5, 5.41) is 2.93. The maximum Gasteiger partial charge on any atom is 0.261 e. The number of aryl methyl sites for hydroxylation is 1. The molecule has 0 spiro atoms. The van der Waals surface area contributed by atoms with Crippen molar-refractivity contribution < 1.29 is 17.9 Å². The fourth-order valence-corrected chi connectivity index (χ4v) is 5.75. The van der Waals surface area contributed by atoms with E-state index in [0.717, 1.165) is 55.1 Å². The second kappa shape index (κ2) is 12.7. The molecule has 1 saturated heterocycles. The van der Waals surface area contributed by atoms with Gasteiger partial charge < -0.3 is 24.8 Å². The standard InChI is InChI=1S/C30H39N5O4S/c1-22-20-24(30(36)31-14-15-33(2)3)8-12-27(22)23-6-10-26(11-7-23)40(37,38)32-25-9-13-29(39-5)28(21-25)35-18-16-34(4)17-19-35/h6-13,20-21,32H,14-19H2,1-5H3,(H,31,36). The predicted molar refractivity (Wildman–Crippen MR) is 161 cm³/mol. The molecule has 0 aromatic heterocycles. The molecule has 1 heterocycles. The topological polar surface area (TPSA) is 94.2 Å². The van der Waals surface area contributed by atoms with Crippen molar-refractivity contribution >= 4 is 27.3 Å². The van der Waals surface area contributed by atoms with Crippen molar-refractivity contribution in [3.8, 4) is 16.9 Å². The zero-order valence-corrected chi connectivity index (χ0v) is 24.7. The van der Waals surface area contributed by atoms with Crippen molar-refractivity contribution in [3.63, 3.8) is 0 Å². The highest BCUT2D eigenvalue weighted by atomic mass is 32.2. The van der Waals surface area contributed by atoms with Crippen LogP contribution >= 0.6 is 0 Å². The summed E-state index contributed by atoms with van der Waals surface area (Å²) in [6, 6.07) is 17.7. The molecule has 2 N–H and O–H groups in total. The number of anilines is 2. The average Bonchev–Trinajstić information content (AvgIpc) is 2.93. The molecule has 40 heavy (non-hydrogen) atoms. The van der Waals surface area contributed by atoms with Gasteiger partial charge in [-0.25, -0.2) is 8.42 Å². The van der Waals surface area contributed by atoms with Gasteiger partial charge >= 0.3 is 0 Å². The third-order valence-electron chi connectivity index (χ3n) is 7.08. The minimum atomic E-state index is -3.81. The normalized spacial score (nSPS) is 14.3. The molecule has 4 rings (SSSR count). The molecule has 1 fully saturated rings. The number of hydrogen-bond acceptors (Lipinski definition) is 7. The largest absolute Gasteiger partial charge is 0.495 e. The van der Waals surface area contributed by atoms with Crippen LogP contribution in [0, 0.1) is 6.92 Å². The predicted octanol–water partition coefficient (Wildman–Crippen LogP) is 3.51. The van der Waals surface area contributed by atoms with E-state index in [9.17, 15) is 13.2 Å². The molecule has 0 unspecified atom stereocenters. The van der Waals surface area contributed by atoms with Crippen LogP contribution in [0.15, 0.2) is 65.6 Å². The van der Waals surface area contributed by atoms with Gasteiger partial charge in [0, 0.05) is 44.8 Å². The SMILES string of the molecule is COc1ccc(NS(=O)(=O)c2ccc(-c3ccc(C(=O)NCCN(C)C)cc3C)cc2)cc1N1CCN(C)CC1. The number of likely N-dealkylation sites (N-methyl/N-ethyl adjacent to an activating group) is 2. The van der Waals surface area contributed by atoms with Gasteiger partial charge in [0.05, 0.1) is 23.4 Å². The number of carbonyl (C=O) groups is 1. The Kier molecular flexibility index (Phi) is 9.34. The van der Waals surface area contributed by atoms with Crippen LogP contribution in [-0.4, -0.2) is 91.6 Å². The van der Waals surface area contributed by atoms with Gasteiger partial charge in [-0.15, -0.1) is 0 Å². The van der Waals surface area contributed by atoms with Crippen molar-refractivity contribution in [1.29, 1.82) is 0 Å². The zero-order valence-electron chi connectivity index (χ0n) is 23.9. The van der Waals surface area contributed by atoms with E-state index in [1.807, 2.05) is 44.1 Å². The van der Waals surface area contributed by atoms with E-state index in [2.05, 4.69) is 26.9 Å². The molecule has 0 atom stereocenters. The zero-order chi connectivity index (χ0) is 28.9. The van der Waals surface area contributed by atoms with Gasteiger partial charge in [0.15, 0.2) is 0 Å². The summed E-state index contributed by atoms with van der Waals surface area (Å²) in [6.07, 6.45) is 0. The van der Waals surface area contributed by atoms with Crippen molar-refractivity contribution in [2.45, 2.75) is 11.8 Å². The van der Waals surface area contributed by atoms with E-state index in [-0.39, 0.29) is 10.8 Å². The summed E-state index contributed by atoms with van der Waals surface area (Å²) in [6.45, 7) is 6.82. The minimum Gasteiger partial charge on any atom is -0.495 e. The Hall–Kier alpha value is -3.60. The molecule has 10 heteroatoms. The maximum absolute atomic E-state index is 13.2. The summed E-state index contributed by atoms with van der Waals surface area (Å²) >= 11 is 0. The molecule has 3 aromatic carbocycles. The van der Waals surface area contributed by atoms with Gasteiger partial charge in [0.2, 0.25) is 0 Å². The Bertz CT molecular complexity index is 1430. The number of rotatable bonds is 10. The molecule has 9 nitrogen and oxygen atoms in total. The molecule has 1 aliphatic heterocycles. The van der Waals surface area contributed by atoms with Crippen molar-refractivity contribution in [3.05, 3.63) is 71.8 Å². The Labute approximate surface area is 237 Å². The first kappa shape index (κ1) is 29.4. The number of carbonyl (C=O) groups excluding carboxylic acids is 1. The number of methoxy groups -OCH3 is 1. The van der Waals surface area contributed by atoms with Crippen molar-refractivity contribution in [2.24, 2.45) is 0 Å². The Morgan fingerprint density at radius 1 is 0.975 bits per heavy atom. The summed E-state index contributed by atoms with van der Waals surface area (Å²) in [7, 11) is 3.83. The first-order valence-corrected chi connectivity index (χ1v) is 14.8. The van der Waals surface area contributed by atoms with Crippen LogP contribution in [0.2, 0.25) is 0 Å². The van der Waals surface area contributed by atoms with Crippen LogP contribution < -0.4 is 19.7 Å². The number of benzene rings is 3. The third-order valence-corrected chi connectivity index (χ3v) is 8.48. The average molecular weight is 566 g/mol. The molecule has 0 radical (unpaired) electrons. The second-order valence-corrected chi connectivity index (χ2v) is 12.1. The highest BCUT2D eigenvalue weighted by Gasteiger charge is 2.20. The minimum absolute atomic E-state index is 0.113. The Balaban J connectivity index is 1.48. The lowest BCUT2D eigenvalue weighted by molar-refractivity contribution is 0.0951. The van der Waals surface area contributed by atoms with Gasteiger partial charge in [-0.2, -0.15) is 0 Å². The quantitative estimate of drug-likeness (QED) is 0.389. The Morgan fingerprint density at radius 2 is 1.68 bits per heavy atom. The molecule has 0 aliphatic carbocycles. The number of hydrogen-bond donors (Lipinski definition) is 2. The van der Waals surface area contributed by atoms with Crippen molar-refractivity contribution in [1.82, 2.24) is 15.1 Å². The van der Waals surface area contributed by atoms with Gasteiger partial charge in [0.1, 0.15) is 5.75 Å². The van der Waals surface area contributed by atoms with Gasteiger partial charge in [-0.05, 0) is 87.2 Å². The highest BCUT2D eigenvalue weighted by Crippen LogP contribution is 2.33. The fraction of sp³-hybridized carbons (Fsp3) is 0.367. The third kappa shape index (κ3) is 7.12. The van der Waals surface area contributed by atoms with Crippen molar-refractivity contribution in [2.75, 3.05) is 77.1 Å². The van der Waals surface area contributed by atoms with E-state index in [1.54, 1.807) is 49.6 Å². The highest BCUT2D eigenvalue weighted by molar-refractivity contribution is 7.92. The van der Waals surface area contributed by atoms with E-state index in [0.29, 0.717) is 23.5 Å². The van der Waals surface area contributed by atoms with Gasteiger partial charge in [-0.1, -0.05) is 18.2 Å². The number of sulfonamides is 1. The number of amides is 1. The molecular weight excluding hydrogens is 526 g/mol. The number of nitrogens with zero attached hydrogens (tertiary/aromatic N) is 3. The first-order chi connectivity index (χ1) is 19.1. The summed E-state index contributed by atoms with van der Waals surface area (Å²) in [5.74, 6) is 0.600. The molecule has 1 amide bonds. The molecule has 0 saturated carbocycles. The van der Waals surface area contributed by atoms with Gasteiger partial charge in [-0.3, -0.25) is 9.52 Å². The van der Waals surface area contributed by atoms with Crippen LogP contribution in [0.5, 0.6) is 5.75 Å². The molecular formula is C30H39N5O4S. The van der Waals surface area contributed by atoms with Crippen LogP contribution in [-0.2, 0) is 10.0 Å². The molecule has 214 valence electrons. The molecule has 1 aliphatic rings. The molecule has 0 bridgehead atoms. The maximum atomic E-state index is 13.2. The van der Waals surface area contributed by atoms with E-state index < -0.39 is 10.0 Å². The smallest absolute Gasteiger partial charge is 0.261 e. The van der Waals surface area contributed by atoms with Crippen LogP contribution in [0.4, 0.5) is 11.4 Å². The number of piperazine rings is 1. The lowest BCUT2D eigenvalue weighted by Crippen LogP contribution is -2.44. The van der Waals surface area contributed by atoms with Crippen LogP contribution in [0.1, 0.15) is 15.9 Å². The summed E-state index contributed by atoms with van der Waals surface area (Å²) in [4.78, 5) is 19.1. The summed E-state index contributed by atoms with van der Waals surface area (Å²) in [5.41, 5.74) is 4.69. The fourth-order valence-electron chi connectivity index (χ4n) is 4.70. The van der Waals surface area contributed by atoms with E-state index >= 15 is 0 Å². The monoisotopic (exact) mass is 565 g/mol. The number of nitrogens with one attached hydrogen (secondary N) is 2. The van der Waals surface area contributed by atoms with Gasteiger partial charge in [0.25, 0.3) is 15.9 Å². The summed E-state index contributed by atoms with van der Waals surface area (Å²) < 4.78 is 34.7.